The van der Waals surface area contributed by atoms with Gasteiger partial charge in [0.05, 0.1) is 24.4 Å². The average molecular weight is 371 g/mol. The first-order valence-corrected chi connectivity index (χ1v) is 9.25. The van der Waals surface area contributed by atoms with Crippen LogP contribution in [0.4, 0.5) is 0 Å². The van der Waals surface area contributed by atoms with E-state index in [1.807, 2.05) is 44.2 Å². The Balaban J connectivity index is 1.83. The number of nitrogens with zero attached hydrogens (tertiary/aromatic N) is 3. The molecule has 7 heteroatoms. The lowest BCUT2D eigenvalue weighted by atomic mass is 9.97. The van der Waals surface area contributed by atoms with Gasteiger partial charge in [-0.15, -0.1) is 0 Å². The van der Waals surface area contributed by atoms with E-state index in [1.54, 1.807) is 15.8 Å². The third-order valence-corrected chi connectivity index (χ3v) is 4.61. The Labute approximate surface area is 158 Å². The highest BCUT2D eigenvalue weighted by Gasteiger charge is 2.30. The van der Waals surface area contributed by atoms with E-state index in [2.05, 4.69) is 5.10 Å². The van der Waals surface area contributed by atoms with Crippen LogP contribution in [0, 0.1) is 11.8 Å². The topological polar surface area (TPSA) is 84.7 Å². The summed E-state index contributed by atoms with van der Waals surface area (Å²) in [6.07, 6.45) is 2.65. The SMILES string of the molecule is CC(C)COc1cn(-c2ccccc2)nc1C(=O)N1CCC(C(=O)O)CC1. The number of benzene rings is 1. The van der Waals surface area contributed by atoms with Crippen molar-refractivity contribution in [2.24, 2.45) is 11.8 Å². The maximum atomic E-state index is 13.0. The van der Waals surface area contributed by atoms with Crippen LogP contribution in [0.25, 0.3) is 5.69 Å². The number of aliphatic carboxylic acids is 1. The van der Waals surface area contributed by atoms with Crippen LogP contribution in [0.3, 0.4) is 0 Å². The lowest BCUT2D eigenvalue weighted by molar-refractivity contribution is -0.143. The predicted octanol–water partition coefficient (Wildman–Crippen LogP) is 2.84. The van der Waals surface area contributed by atoms with Crippen molar-refractivity contribution in [2.45, 2.75) is 26.7 Å². The molecule has 0 unspecified atom stereocenters. The van der Waals surface area contributed by atoms with E-state index in [0.29, 0.717) is 44.2 Å². The molecule has 3 rings (SSSR count). The zero-order chi connectivity index (χ0) is 19.4. The van der Waals surface area contributed by atoms with Gasteiger partial charge in [-0.05, 0) is 30.9 Å². The number of carboxylic acids is 1. The second-order valence-electron chi connectivity index (χ2n) is 7.23. The standard InChI is InChI=1S/C20H25N3O4/c1-14(2)13-27-17-12-23(16-6-4-3-5-7-16)21-18(17)19(24)22-10-8-15(9-11-22)20(25)26/h3-7,12,14-15H,8-11,13H2,1-2H3,(H,25,26). The molecule has 2 aromatic rings. The minimum Gasteiger partial charge on any atom is -0.489 e. The smallest absolute Gasteiger partial charge is 0.306 e. The Kier molecular flexibility index (Phi) is 5.78. The van der Waals surface area contributed by atoms with Gasteiger partial charge in [-0.2, -0.15) is 5.10 Å². The van der Waals surface area contributed by atoms with E-state index in [1.165, 1.54) is 0 Å². The second-order valence-corrected chi connectivity index (χ2v) is 7.23. The Hall–Kier alpha value is -2.83. The molecule has 0 atom stereocenters. The molecular weight excluding hydrogens is 346 g/mol. The molecule has 1 aromatic carbocycles. The molecule has 7 nitrogen and oxygen atoms in total. The molecule has 1 aromatic heterocycles. The first kappa shape index (κ1) is 18.9. The third-order valence-electron chi connectivity index (χ3n) is 4.61. The van der Waals surface area contributed by atoms with Gasteiger partial charge in [-0.1, -0.05) is 32.0 Å². The Bertz CT molecular complexity index is 793. The van der Waals surface area contributed by atoms with E-state index < -0.39 is 5.97 Å². The molecule has 0 bridgehead atoms. The number of piperidine rings is 1. The summed E-state index contributed by atoms with van der Waals surface area (Å²) in [4.78, 5) is 25.8. The molecule has 1 aliphatic heterocycles. The molecule has 1 aliphatic rings. The van der Waals surface area contributed by atoms with Crippen LogP contribution in [0.2, 0.25) is 0 Å². The zero-order valence-corrected chi connectivity index (χ0v) is 15.7. The molecule has 0 saturated carbocycles. The summed E-state index contributed by atoms with van der Waals surface area (Å²) in [7, 11) is 0. The summed E-state index contributed by atoms with van der Waals surface area (Å²) in [6.45, 7) is 5.40. The number of hydrogen-bond acceptors (Lipinski definition) is 4. The summed E-state index contributed by atoms with van der Waals surface area (Å²) < 4.78 is 7.49. The molecule has 1 fully saturated rings. The van der Waals surface area contributed by atoms with Crippen LogP contribution in [0.5, 0.6) is 5.75 Å². The molecule has 144 valence electrons. The summed E-state index contributed by atoms with van der Waals surface area (Å²) in [5.74, 6) is -0.617. The summed E-state index contributed by atoms with van der Waals surface area (Å²) >= 11 is 0. The Morgan fingerprint density at radius 2 is 1.89 bits per heavy atom. The molecule has 0 aliphatic carbocycles. The third kappa shape index (κ3) is 4.48. The molecule has 1 N–H and O–H groups in total. The van der Waals surface area contributed by atoms with Crippen LogP contribution in [-0.2, 0) is 4.79 Å². The Morgan fingerprint density at radius 1 is 1.22 bits per heavy atom. The van der Waals surface area contributed by atoms with E-state index in [-0.39, 0.29) is 17.5 Å². The first-order valence-electron chi connectivity index (χ1n) is 9.25. The highest BCUT2D eigenvalue weighted by molar-refractivity contribution is 5.95. The van der Waals surface area contributed by atoms with Crippen LogP contribution in [0.1, 0.15) is 37.2 Å². The van der Waals surface area contributed by atoms with Gasteiger partial charge >= 0.3 is 5.97 Å². The molecule has 0 radical (unpaired) electrons. The van der Waals surface area contributed by atoms with Gasteiger partial charge in [0.15, 0.2) is 11.4 Å². The van der Waals surface area contributed by atoms with Crippen molar-refractivity contribution in [3.05, 3.63) is 42.2 Å². The van der Waals surface area contributed by atoms with Gasteiger partial charge in [0, 0.05) is 13.1 Å². The van der Waals surface area contributed by atoms with E-state index in [4.69, 9.17) is 9.84 Å². The van der Waals surface area contributed by atoms with Crippen molar-refractivity contribution in [1.29, 1.82) is 0 Å². The van der Waals surface area contributed by atoms with Crippen molar-refractivity contribution in [1.82, 2.24) is 14.7 Å². The Morgan fingerprint density at radius 3 is 2.48 bits per heavy atom. The van der Waals surface area contributed by atoms with Gasteiger partial charge in [-0.3, -0.25) is 9.59 Å². The number of likely N-dealkylation sites (tertiary alicyclic amines) is 1. The maximum Gasteiger partial charge on any atom is 0.306 e. The molecule has 27 heavy (non-hydrogen) atoms. The summed E-state index contributed by atoms with van der Waals surface area (Å²) in [5.41, 5.74) is 1.11. The number of hydrogen-bond donors (Lipinski definition) is 1. The van der Waals surface area contributed by atoms with Gasteiger partial charge < -0.3 is 14.7 Å². The van der Waals surface area contributed by atoms with E-state index in [9.17, 15) is 9.59 Å². The predicted molar refractivity (Wildman–Crippen MR) is 100 cm³/mol. The second kappa shape index (κ2) is 8.24. The van der Waals surface area contributed by atoms with E-state index >= 15 is 0 Å². The van der Waals surface area contributed by atoms with Crippen molar-refractivity contribution >= 4 is 11.9 Å². The van der Waals surface area contributed by atoms with Crippen LogP contribution < -0.4 is 4.74 Å². The lowest BCUT2D eigenvalue weighted by Gasteiger charge is -2.29. The number of ether oxygens (including phenoxy) is 1. The minimum absolute atomic E-state index is 0.215. The van der Waals surface area contributed by atoms with Crippen molar-refractivity contribution < 1.29 is 19.4 Å². The van der Waals surface area contributed by atoms with Crippen molar-refractivity contribution in [3.63, 3.8) is 0 Å². The zero-order valence-electron chi connectivity index (χ0n) is 15.7. The average Bonchev–Trinajstić information content (AvgIpc) is 3.11. The van der Waals surface area contributed by atoms with Gasteiger partial charge in [-0.25, -0.2) is 4.68 Å². The maximum absolute atomic E-state index is 13.0. The quantitative estimate of drug-likeness (QED) is 0.844. The van der Waals surface area contributed by atoms with Crippen LogP contribution in [-0.4, -0.2) is 51.4 Å². The number of para-hydroxylation sites is 1. The molecular formula is C20H25N3O4. The van der Waals surface area contributed by atoms with Crippen molar-refractivity contribution in [2.75, 3.05) is 19.7 Å². The minimum atomic E-state index is -0.795. The van der Waals surface area contributed by atoms with Crippen molar-refractivity contribution in [3.8, 4) is 11.4 Å². The molecule has 1 saturated heterocycles. The lowest BCUT2D eigenvalue weighted by Crippen LogP contribution is -2.40. The van der Waals surface area contributed by atoms with Gasteiger partial charge in [0.1, 0.15) is 0 Å². The number of carbonyl (C=O) groups excluding carboxylic acids is 1. The largest absolute Gasteiger partial charge is 0.489 e. The fourth-order valence-electron chi connectivity index (χ4n) is 3.06. The summed E-state index contributed by atoms with van der Waals surface area (Å²) in [6, 6.07) is 9.55. The van der Waals surface area contributed by atoms with Crippen LogP contribution >= 0.6 is 0 Å². The summed E-state index contributed by atoms with van der Waals surface area (Å²) in [5, 5.41) is 13.6. The van der Waals surface area contributed by atoms with E-state index in [0.717, 1.165) is 5.69 Å². The highest BCUT2D eigenvalue weighted by atomic mass is 16.5. The number of amides is 1. The van der Waals surface area contributed by atoms with Gasteiger partial charge in [0.25, 0.3) is 5.91 Å². The highest BCUT2D eigenvalue weighted by Crippen LogP contribution is 2.25. The van der Waals surface area contributed by atoms with Gasteiger partial charge in [0.2, 0.25) is 0 Å². The number of carbonyl (C=O) groups is 2. The number of carboxylic acid groups (broad SMARTS) is 1. The fourth-order valence-corrected chi connectivity index (χ4v) is 3.06. The fraction of sp³-hybridized carbons (Fsp3) is 0.450. The first-order chi connectivity index (χ1) is 13.0. The monoisotopic (exact) mass is 371 g/mol. The van der Waals surface area contributed by atoms with Crippen LogP contribution in [0.15, 0.2) is 36.5 Å². The number of rotatable bonds is 6. The molecule has 2 heterocycles. The molecule has 0 spiro atoms. The normalized spacial score (nSPS) is 15.1. The molecule has 1 amide bonds. The number of aromatic nitrogens is 2.